The summed E-state index contributed by atoms with van der Waals surface area (Å²) in [6, 6.07) is 7.79. The van der Waals surface area contributed by atoms with Gasteiger partial charge >= 0.3 is 0 Å². The van der Waals surface area contributed by atoms with E-state index in [0.29, 0.717) is 11.6 Å². The van der Waals surface area contributed by atoms with Crippen LogP contribution in [0.3, 0.4) is 0 Å². The van der Waals surface area contributed by atoms with E-state index < -0.39 is 5.91 Å². The van der Waals surface area contributed by atoms with E-state index in [4.69, 9.17) is 5.73 Å². The molecule has 0 unspecified atom stereocenters. The highest BCUT2D eigenvalue weighted by Crippen LogP contribution is 2.19. The van der Waals surface area contributed by atoms with Crippen molar-refractivity contribution in [2.45, 2.75) is 31.7 Å². The van der Waals surface area contributed by atoms with E-state index in [0.717, 1.165) is 36.3 Å². The van der Waals surface area contributed by atoms with Gasteiger partial charge in [-0.3, -0.25) is 9.78 Å². The second-order valence-corrected chi connectivity index (χ2v) is 5.67. The average molecular weight is 296 g/mol. The molecule has 0 spiro atoms. The first-order valence-electron chi connectivity index (χ1n) is 7.67. The summed E-state index contributed by atoms with van der Waals surface area (Å²) < 4.78 is 0. The Balaban J connectivity index is 1.75. The zero-order chi connectivity index (χ0) is 15.4. The molecule has 5 nitrogen and oxygen atoms in total. The molecule has 1 aromatic carbocycles. The van der Waals surface area contributed by atoms with Crippen LogP contribution in [0.4, 0.5) is 0 Å². The summed E-state index contributed by atoms with van der Waals surface area (Å²) in [5.74, 6) is -0.432. The van der Waals surface area contributed by atoms with Crippen LogP contribution in [0.2, 0.25) is 0 Å². The van der Waals surface area contributed by atoms with Crippen molar-refractivity contribution in [1.82, 2.24) is 15.3 Å². The fourth-order valence-corrected chi connectivity index (χ4v) is 2.82. The Hall–Kier alpha value is -2.27. The van der Waals surface area contributed by atoms with Crippen molar-refractivity contribution in [2.75, 3.05) is 6.54 Å². The summed E-state index contributed by atoms with van der Waals surface area (Å²) >= 11 is 0. The molecule has 3 rings (SSSR count). The molecule has 0 aliphatic carbocycles. The molecule has 1 aromatic heterocycles. The van der Waals surface area contributed by atoms with Crippen LogP contribution in [0.1, 0.15) is 35.3 Å². The van der Waals surface area contributed by atoms with Gasteiger partial charge in [0.2, 0.25) is 5.91 Å². The number of carbonyl (C=O) groups is 1. The standard InChI is InChI=1S/C17H20N4O/c18-17(22)13-4-1-3-12(9-13)16-11-19-10-15(21-16)7-6-14-5-2-8-20-14/h1,3-4,9-11,14,20H,2,5-8H2,(H2,18,22)/t14-/m1/s1. The highest BCUT2D eigenvalue weighted by molar-refractivity contribution is 5.93. The van der Waals surface area contributed by atoms with Crippen LogP contribution >= 0.6 is 0 Å². The van der Waals surface area contributed by atoms with E-state index in [9.17, 15) is 4.79 Å². The second kappa shape index (κ2) is 6.66. The summed E-state index contributed by atoms with van der Waals surface area (Å²) in [6.07, 6.45) is 8.03. The lowest BCUT2D eigenvalue weighted by Crippen LogP contribution is -2.21. The predicted molar refractivity (Wildman–Crippen MR) is 85.3 cm³/mol. The minimum Gasteiger partial charge on any atom is -0.366 e. The molecule has 1 amide bonds. The van der Waals surface area contributed by atoms with Crippen molar-refractivity contribution >= 4 is 5.91 Å². The maximum atomic E-state index is 11.3. The summed E-state index contributed by atoms with van der Waals surface area (Å²) in [5, 5.41) is 3.49. The first-order valence-corrected chi connectivity index (χ1v) is 7.67. The first-order chi connectivity index (χ1) is 10.7. The Morgan fingerprint density at radius 2 is 2.27 bits per heavy atom. The number of hydrogen-bond donors (Lipinski definition) is 2. The lowest BCUT2D eigenvalue weighted by atomic mass is 10.1. The summed E-state index contributed by atoms with van der Waals surface area (Å²) in [6.45, 7) is 1.12. The number of amides is 1. The molecule has 2 aromatic rings. The van der Waals surface area contributed by atoms with Crippen LogP contribution in [-0.4, -0.2) is 28.5 Å². The van der Waals surface area contributed by atoms with Gasteiger partial charge < -0.3 is 11.1 Å². The second-order valence-electron chi connectivity index (χ2n) is 5.67. The SMILES string of the molecule is NC(=O)c1cccc(-c2cncc(CC[C@H]3CCCN3)n2)c1. The molecular weight excluding hydrogens is 276 g/mol. The number of aryl methyl sites for hydroxylation is 1. The molecule has 1 atom stereocenters. The van der Waals surface area contributed by atoms with Gasteiger partial charge in [-0.05, 0) is 44.4 Å². The van der Waals surface area contributed by atoms with Crippen LogP contribution in [0.5, 0.6) is 0 Å². The van der Waals surface area contributed by atoms with Crippen LogP contribution in [0.15, 0.2) is 36.7 Å². The zero-order valence-electron chi connectivity index (χ0n) is 12.5. The quantitative estimate of drug-likeness (QED) is 0.883. The van der Waals surface area contributed by atoms with E-state index in [-0.39, 0.29) is 0 Å². The molecule has 114 valence electrons. The molecule has 5 heteroatoms. The first kappa shape index (κ1) is 14.7. The molecule has 1 saturated heterocycles. The smallest absolute Gasteiger partial charge is 0.248 e. The number of aromatic nitrogens is 2. The molecule has 1 aliphatic heterocycles. The van der Waals surface area contributed by atoms with E-state index >= 15 is 0 Å². The monoisotopic (exact) mass is 296 g/mol. The fraction of sp³-hybridized carbons (Fsp3) is 0.353. The Kier molecular flexibility index (Phi) is 4.44. The molecule has 22 heavy (non-hydrogen) atoms. The summed E-state index contributed by atoms with van der Waals surface area (Å²) in [5.41, 5.74) is 8.44. The van der Waals surface area contributed by atoms with Gasteiger partial charge in [0.05, 0.1) is 17.6 Å². The van der Waals surface area contributed by atoms with Crippen LogP contribution < -0.4 is 11.1 Å². The molecule has 1 fully saturated rings. The zero-order valence-corrected chi connectivity index (χ0v) is 12.5. The van der Waals surface area contributed by atoms with Crippen molar-refractivity contribution in [3.8, 4) is 11.3 Å². The Morgan fingerprint density at radius 3 is 3.05 bits per heavy atom. The number of rotatable bonds is 5. The largest absolute Gasteiger partial charge is 0.366 e. The van der Waals surface area contributed by atoms with Crippen molar-refractivity contribution in [2.24, 2.45) is 5.73 Å². The molecule has 1 aliphatic rings. The van der Waals surface area contributed by atoms with Crippen molar-refractivity contribution in [1.29, 1.82) is 0 Å². The third kappa shape index (κ3) is 3.49. The van der Waals surface area contributed by atoms with Crippen molar-refractivity contribution < 1.29 is 4.79 Å². The van der Waals surface area contributed by atoms with Gasteiger partial charge in [-0.15, -0.1) is 0 Å². The number of nitrogens with one attached hydrogen (secondary N) is 1. The van der Waals surface area contributed by atoms with Crippen LogP contribution in [0.25, 0.3) is 11.3 Å². The summed E-state index contributed by atoms with van der Waals surface area (Å²) in [4.78, 5) is 20.2. The number of benzene rings is 1. The van der Waals surface area contributed by atoms with Gasteiger partial charge in [-0.1, -0.05) is 12.1 Å². The maximum absolute atomic E-state index is 11.3. The molecule has 2 heterocycles. The normalized spacial score (nSPS) is 17.5. The molecule has 0 saturated carbocycles. The van der Waals surface area contributed by atoms with Gasteiger partial charge in [0.1, 0.15) is 0 Å². The third-order valence-corrected chi connectivity index (χ3v) is 4.04. The average Bonchev–Trinajstić information content (AvgIpc) is 3.07. The Morgan fingerprint density at radius 1 is 1.36 bits per heavy atom. The highest BCUT2D eigenvalue weighted by Gasteiger charge is 2.14. The minimum absolute atomic E-state index is 0.432. The van der Waals surface area contributed by atoms with Gasteiger partial charge in [0, 0.05) is 23.4 Å². The predicted octanol–water partition coefficient (Wildman–Crippen LogP) is 1.93. The van der Waals surface area contributed by atoms with Gasteiger partial charge in [0.15, 0.2) is 0 Å². The highest BCUT2D eigenvalue weighted by atomic mass is 16.1. The molecule has 0 radical (unpaired) electrons. The molecule has 3 N–H and O–H groups in total. The van der Waals surface area contributed by atoms with E-state index in [1.165, 1.54) is 12.8 Å². The van der Waals surface area contributed by atoms with E-state index in [1.54, 1.807) is 18.3 Å². The van der Waals surface area contributed by atoms with Gasteiger partial charge in [-0.2, -0.15) is 0 Å². The fourth-order valence-electron chi connectivity index (χ4n) is 2.82. The number of primary amides is 1. The third-order valence-electron chi connectivity index (χ3n) is 4.04. The van der Waals surface area contributed by atoms with E-state index in [1.807, 2.05) is 18.3 Å². The van der Waals surface area contributed by atoms with Crippen molar-refractivity contribution in [3.05, 3.63) is 47.9 Å². The number of nitrogens with two attached hydrogens (primary N) is 1. The minimum atomic E-state index is -0.432. The Bertz CT molecular complexity index is 665. The summed E-state index contributed by atoms with van der Waals surface area (Å²) in [7, 11) is 0. The molecule has 0 bridgehead atoms. The number of hydrogen-bond acceptors (Lipinski definition) is 4. The van der Waals surface area contributed by atoms with Gasteiger partial charge in [0.25, 0.3) is 0 Å². The van der Waals surface area contributed by atoms with Gasteiger partial charge in [-0.25, -0.2) is 4.98 Å². The van der Waals surface area contributed by atoms with Crippen LogP contribution in [0, 0.1) is 0 Å². The number of carbonyl (C=O) groups excluding carboxylic acids is 1. The lowest BCUT2D eigenvalue weighted by molar-refractivity contribution is 0.100. The van der Waals surface area contributed by atoms with Crippen LogP contribution in [-0.2, 0) is 6.42 Å². The molecular formula is C17H20N4O. The lowest BCUT2D eigenvalue weighted by Gasteiger charge is -2.10. The Labute approximate surface area is 130 Å². The maximum Gasteiger partial charge on any atom is 0.248 e. The number of nitrogens with zero attached hydrogens (tertiary/aromatic N) is 2. The van der Waals surface area contributed by atoms with Crippen molar-refractivity contribution in [3.63, 3.8) is 0 Å². The van der Waals surface area contributed by atoms with E-state index in [2.05, 4.69) is 15.3 Å². The topological polar surface area (TPSA) is 80.9 Å².